The Morgan fingerprint density at radius 1 is 1.35 bits per heavy atom. The van der Waals surface area contributed by atoms with Crippen LogP contribution >= 0.6 is 34.5 Å². The van der Waals surface area contributed by atoms with Gasteiger partial charge in [0.05, 0.1) is 22.3 Å². The zero-order valence-corrected chi connectivity index (χ0v) is 17.6. The second kappa shape index (κ2) is 9.39. The summed E-state index contributed by atoms with van der Waals surface area (Å²) in [5.41, 5.74) is 1.64. The first-order valence-corrected chi connectivity index (χ1v) is 10.6. The van der Waals surface area contributed by atoms with E-state index in [4.69, 9.17) is 11.6 Å². The summed E-state index contributed by atoms with van der Waals surface area (Å²) in [6.07, 6.45) is 7.96. The first kappa shape index (κ1) is 19.9. The lowest BCUT2D eigenvalue weighted by molar-refractivity contribution is -0.117. The van der Waals surface area contributed by atoms with Gasteiger partial charge in [-0.3, -0.25) is 8.32 Å². The van der Waals surface area contributed by atoms with Crippen molar-refractivity contribution in [3.05, 3.63) is 29.4 Å². The molecule has 1 atom stereocenters. The highest BCUT2D eigenvalue weighted by Crippen LogP contribution is 2.33. The second-order valence-electron chi connectivity index (χ2n) is 7.08. The second-order valence-corrected chi connectivity index (χ2v) is 8.25. The molecule has 0 radical (unpaired) electrons. The average Bonchev–Trinajstić information content (AvgIpc) is 2.94. The van der Waals surface area contributed by atoms with Crippen molar-refractivity contribution in [2.45, 2.75) is 51.2 Å². The maximum Gasteiger partial charge on any atom is 0.224 e. The number of halogens is 2. The molecule has 1 unspecified atom stereocenters. The number of amides is 1. The molecule has 0 saturated heterocycles. The van der Waals surface area contributed by atoms with Gasteiger partial charge in [0.15, 0.2) is 0 Å². The summed E-state index contributed by atoms with van der Waals surface area (Å²) in [5.74, 6) is 0.537. The van der Waals surface area contributed by atoms with Gasteiger partial charge in [-0.15, -0.1) is 0 Å². The molecule has 0 bridgehead atoms. The Balaban J connectivity index is 1.79. The van der Waals surface area contributed by atoms with Crippen LogP contribution in [0.2, 0.25) is 5.02 Å². The van der Waals surface area contributed by atoms with Crippen LogP contribution in [-0.2, 0) is 11.3 Å². The van der Waals surface area contributed by atoms with Crippen LogP contribution < -0.4 is 8.85 Å². The van der Waals surface area contributed by atoms with E-state index in [9.17, 15) is 9.90 Å². The summed E-state index contributed by atoms with van der Waals surface area (Å²) in [5, 5.41) is 14.6. The molecule has 1 aromatic carbocycles. The van der Waals surface area contributed by atoms with Crippen molar-refractivity contribution >= 4 is 57.0 Å². The Hall–Kier alpha value is -0.830. The number of fused-ring (bicyclic) bond motifs is 1. The van der Waals surface area contributed by atoms with Crippen LogP contribution in [0, 0.1) is 5.92 Å². The van der Waals surface area contributed by atoms with Gasteiger partial charge >= 0.3 is 0 Å². The van der Waals surface area contributed by atoms with Crippen LogP contribution in [0.25, 0.3) is 10.9 Å². The number of hydrogen-bond donors (Lipinski definition) is 3. The molecular weight excluding hydrogens is 465 g/mol. The van der Waals surface area contributed by atoms with Crippen LogP contribution in [0.1, 0.15) is 38.5 Å². The van der Waals surface area contributed by atoms with Gasteiger partial charge < -0.3 is 15.0 Å². The van der Waals surface area contributed by atoms with Crippen LogP contribution in [0.15, 0.2) is 24.4 Å². The molecule has 2 aromatic rings. The Bertz CT molecular complexity index is 759. The third-order valence-corrected chi connectivity index (χ3v) is 5.80. The SMILES string of the molecule is O=C(CC1CCCCC1)Nc1cn(CC(O)CNI)c2cccc(Cl)c12. The van der Waals surface area contributed by atoms with E-state index in [0.717, 1.165) is 29.4 Å². The van der Waals surface area contributed by atoms with Crippen LogP contribution in [0.4, 0.5) is 5.69 Å². The lowest BCUT2D eigenvalue weighted by atomic mass is 9.87. The fourth-order valence-corrected chi connectivity index (χ4v) is 4.57. The number of nitrogens with zero attached hydrogens (tertiary/aromatic N) is 1. The molecule has 1 saturated carbocycles. The lowest BCUT2D eigenvalue weighted by Gasteiger charge is -2.20. The van der Waals surface area contributed by atoms with Gasteiger partial charge in [-0.25, -0.2) is 0 Å². The van der Waals surface area contributed by atoms with E-state index in [0.29, 0.717) is 30.5 Å². The quantitative estimate of drug-likeness (QED) is 0.396. The molecule has 1 heterocycles. The van der Waals surface area contributed by atoms with E-state index in [1.54, 1.807) is 0 Å². The van der Waals surface area contributed by atoms with Gasteiger partial charge in [-0.05, 0) is 30.9 Å². The molecule has 0 spiro atoms. The summed E-state index contributed by atoms with van der Waals surface area (Å²) in [6.45, 7) is 0.926. The Morgan fingerprint density at radius 3 is 2.85 bits per heavy atom. The predicted octanol–water partition coefficient (Wildman–Crippen LogP) is 4.50. The number of carbonyl (C=O) groups is 1. The highest BCUT2D eigenvalue weighted by Gasteiger charge is 2.19. The number of carbonyl (C=O) groups excluding carboxylic acids is 1. The molecule has 3 rings (SSSR count). The zero-order chi connectivity index (χ0) is 18.5. The average molecular weight is 490 g/mol. The van der Waals surface area contributed by atoms with Crippen molar-refractivity contribution in [2.24, 2.45) is 5.92 Å². The van der Waals surface area contributed by atoms with Crippen molar-refractivity contribution in [1.29, 1.82) is 0 Å². The van der Waals surface area contributed by atoms with Crippen molar-refractivity contribution in [1.82, 2.24) is 8.10 Å². The first-order valence-electron chi connectivity index (χ1n) is 9.17. The van der Waals surface area contributed by atoms with Crippen molar-refractivity contribution in [2.75, 3.05) is 11.9 Å². The zero-order valence-electron chi connectivity index (χ0n) is 14.7. The van der Waals surface area contributed by atoms with Crippen molar-refractivity contribution in [3.63, 3.8) is 0 Å². The van der Waals surface area contributed by atoms with E-state index in [1.165, 1.54) is 19.3 Å². The maximum atomic E-state index is 12.5. The number of benzene rings is 1. The third-order valence-electron chi connectivity index (χ3n) is 5.05. The minimum atomic E-state index is -0.521. The van der Waals surface area contributed by atoms with Gasteiger partial charge in [0.1, 0.15) is 0 Å². The number of aromatic nitrogens is 1. The van der Waals surface area contributed by atoms with Crippen molar-refractivity contribution in [3.8, 4) is 0 Å². The molecule has 142 valence electrons. The lowest BCUT2D eigenvalue weighted by Crippen LogP contribution is -2.25. The van der Waals surface area contributed by atoms with E-state index < -0.39 is 6.10 Å². The molecule has 1 aliphatic carbocycles. The molecule has 1 amide bonds. The highest BCUT2D eigenvalue weighted by molar-refractivity contribution is 14.1. The normalized spacial score (nSPS) is 16.7. The van der Waals surface area contributed by atoms with E-state index in [1.807, 2.05) is 51.8 Å². The summed E-state index contributed by atoms with van der Waals surface area (Å²) in [6, 6.07) is 5.67. The third kappa shape index (κ3) is 4.91. The van der Waals surface area contributed by atoms with E-state index in [-0.39, 0.29) is 5.91 Å². The monoisotopic (exact) mass is 489 g/mol. The molecule has 1 aliphatic rings. The number of nitrogens with one attached hydrogen (secondary N) is 2. The van der Waals surface area contributed by atoms with Crippen molar-refractivity contribution < 1.29 is 9.90 Å². The maximum absolute atomic E-state index is 12.5. The van der Waals surface area contributed by atoms with Gasteiger partial charge in [-0.2, -0.15) is 0 Å². The number of anilines is 1. The molecule has 0 aliphatic heterocycles. The molecule has 3 N–H and O–H groups in total. The topological polar surface area (TPSA) is 66.3 Å². The van der Waals surface area contributed by atoms with E-state index in [2.05, 4.69) is 8.85 Å². The van der Waals surface area contributed by atoms with Crippen LogP contribution in [0.3, 0.4) is 0 Å². The van der Waals surface area contributed by atoms with Crippen LogP contribution in [0.5, 0.6) is 0 Å². The largest absolute Gasteiger partial charge is 0.390 e. The minimum absolute atomic E-state index is 0.0466. The van der Waals surface area contributed by atoms with Gasteiger partial charge in [0.2, 0.25) is 5.91 Å². The fraction of sp³-hybridized carbons (Fsp3) is 0.526. The Morgan fingerprint density at radius 2 is 2.12 bits per heavy atom. The standard InChI is InChI=1S/C19H25ClIN3O2/c20-15-7-4-8-17-19(15)16(12-24(17)11-14(25)10-22-21)23-18(26)9-13-5-2-1-3-6-13/h4,7-8,12-14,22,25H,1-3,5-6,9-11H2,(H,23,26). The highest BCUT2D eigenvalue weighted by atomic mass is 127. The van der Waals surface area contributed by atoms with Gasteiger partial charge in [-0.1, -0.05) is 36.9 Å². The summed E-state index contributed by atoms with van der Waals surface area (Å²) in [7, 11) is 0. The first-order chi connectivity index (χ1) is 12.6. The minimum Gasteiger partial charge on any atom is -0.390 e. The number of rotatable bonds is 7. The molecule has 26 heavy (non-hydrogen) atoms. The molecule has 1 fully saturated rings. The summed E-state index contributed by atoms with van der Waals surface area (Å²) < 4.78 is 4.90. The molecule has 5 nitrogen and oxygen atoms in total. The van der Waals surface area contributed by atoms with Gasteiger partial charge in [0, 0.05) is 54.0 Å². The van der Waals surface area contributed by atoms with Gasteiger partial charge in [0.25, 0.3) is 0 Å². The molecule has 1 aromatic heterocycles. The van der Waals surface area contributed by atoms with Crippen LogP contribution in [-0.4, -0.2) is 28.2 Å². The number of hydrogen-bond acceptors (Lipinski definition) is 3. The fourth-order valence-electron chi connectivity index (χ4n) is 3.79. The smallest absolute Gasteiger partial charge is 0.224 e. The Labute approximate surface area is 173 Å². The summed E-state index contributed by atoms with van der Waals surface area (Å²) >= 11 is 8.43. The molecular formula is C19H25ClIN3O2. The Kier molecular flexibility index (Phi) is 7.19. The number of aliphatic hydroxyl groups excluding tert-OH is 1. The van der Waals surface area contributed by atoms with E-state index >= 15 is 0 Å². The number of aliphatic hydroxyl groups is 1. The predicted molar refractivity (Wildman–Crippen MR) is 115 cm³/mol. The molecule has 7 heteroatoms. The summed E-state index contributed by atoms with van der Waals surface area (Å²) in [4.78, 5) is 12.5.